The Hall–Kier alpha value is 1.65. The van der Waals surface area contributed by atoms with Gasteiger partial charge < -0.3 is 0 Å². The molecule has 1 aliphatic carbocycles. The molecule has 0 aromatic rings. The van der Waals surface area contributed by atoms with Crippen molar-refractivity contribution in [3.05, 3.63) is 0 Å². The van der Waals surface area contributed by atoms with Crippen LogP contribution in [0.15, 0.2) is 0 Å². The molecule has 0 aromatic heterocycles. The van der Waals surface area contributed by atoms with Crippen molar-refractivity contribution < 1.29 is 0 Å². The summed E-state index contributed by atoms with van der Waals surface area (Å²) in [5, 5.41) is 0. The SMILES string of the molecule is C[IH]CC[CH]([TlH])C1CC1. The van der Waals surface area contributed by atoms with Gasteiger partial charge in [-0.2, -0.15) is 0 Å². The Morgan fingerprint density at radius 2 is 2.33 bits per heavy atom. The monoisotopic (exact) mass is 431 g/mol. The summed E-state index contributed by atoms with van der Waals surface area (Å²) in [6, 6.07) is 0. The first-order chi connectivity index (χ1) is 4.34. The van der Waals surface area contributed by atoms with E-state index in [-0.39, 0.29) is 0 Å². The Labute approximate surface area is 84.1 Å². The molecule has 0 spiro atoms. The first-order valence-corrected chi connectivity index (χ1v) is 10.8. The molecule has 1 saturated carbocycles. The van der Waals surface area contributed by atoms with Crippen LogP contribution in [0.2, 0.25) is 3.48 Å². The van der Waals surface area contributed by atoms with Crippen molar-refractivity contribution >= 4 is 47.0 Å². The Morgan fingerprint density at radius 3 is 2.78 bits per heavy atom. The molecule has 0 nitrogen and oxygen atoms in total. The average Bonchev–Trinajstić information content (AvgIpc) is 2.63. The van der Waals surface area contributed by atoms with Crippen molar-refractivity contribution in [2.75, 3.05) is 9.36 Å². The summed E-state index contributed by atoms with van der Waals surface area (Å²) in [6.45, 7) is 0. The third kappa shape index (κ3) is 3.53. The molecule has 0 saturated heterocycles. The normalized spacial score (nSPS) is 22.2. The summed E-state index contributed by atoms with van der Waals surface area (Å²) < 4.78 is 2.88. The van der Waals surface area contributed by atoms with Gasteiger partial charge in [0.15, 0.2) is 0 Å². The molecule has 0 bridgehead atoms. The molecule has 0 N–H and O–H groups in total. The fraction of sp³-hybridized carbons (Fsp3) is 1.00. The van der Waals surface area contributed by atoms with Crippen LogP contribution in [0.3, 0.4) is 0 Å². The van der Waals surface area contributed by atoms with Gasteiger partial charge in [-0.05, 0) is 0 Å². The van der Waals surface area contributed by atoms with Gasteiger partial charge in [0.05, 0.1) is 0 Å². The third-order valence-electron chi connectivity index (χ3n) is 1.98. The van der Waals surface area contributed by atoms with E-state index in [9.17, 15) is 0 Å². The zero-order chi connectivity index (χ0) is 6.69. The van der Waals surface area contributed by atoms with Gasteiger partial charge in [0.25, 0.3) is 0 Å². The van der Waals surface area contributed by atoms with Crippen molar-refractivity contribution in [3.8, 4) is 0 Å². The van der Waals surface area contributed by atoms with Gasteiger partial charge in [-0.15, -0.1) is 0 Å². The summed E-state index contributed by atoms with van der Waals surface area (Å²) in [5.74, 6) is 1.23. The quantitative estimate of drug-likeness (QED) is 0.363. The van der Waals surface area contributed by atoms with Crippen LogP contribution in [0, 0.1) is 5.92 Å². The van der Waals surface area contributed by atoms with Gasteiger partial charge in [-0.1, -0.05) is 0 Å². The van der Waals surface area contributed by atoms with Gasteiger partial charge >= 0.3 is 85.0 Å². The molecule has 1 unspecified atom stereocenters. The van der Waals surface area contributed by atoms with Gasteiger partial charge in [-0.25, -0.2) is 0 Å². The third-order valence-corrected chi connectivity index (χ3v) is 8.00. The van der Waals surface area contributed by atoms with Crippen LogP contribution in [-0.4, -0.2) is 35.1 Å². The van der Waals surface area contributed by atoms with Crippen molar-refractivity contribution in [1.82, 2.24) is 0 Å². The zero-order valence-corrected chi connectivity index (χ0v) is 13.9. The molecule has 0 radical (unpaired) electrons. The number of rotatable bonds is 4. The van der Waals surface area contributed by atoms with E-state index >= 15 is 0 Å². The Bertz CT molecular complexity index is 81.0. The van der Waals surface area contributed by atoms with Crippen LogP contribution >= 0.6 is 21.2 Å². The molecule has 0 aliphatic heterocycles. The van der Waals surface area contributed by atoms with Crippen molar-refractivity contribution in [3.63, 3.8) is 0 Å². The van der Waals surface area contributed by atoms with Crippen LogP contribution in [0.25, 0.3) is 0 Å². The zero-order valence-electron chi connectivity index (χ0n) is 6.10. The number of hydrogen-bond acceptors (Lipinski definition) is 0. The van der Waals surface area contributed by atoms with E-state index in [1.807, 2.05) is 0 Å². The molecule has 9 heavy (non-hydrogen) atoms. The number of halogens is 1. The molecule has 1 aliphatic rings. The fourth-order valence-corrected chi connectivity index (χ4v) is 8.79. The van der Waals surface area contributed by atoms with Crippen LogP contribution in [-0.2, 0) is 0 Å². The van der Waals surface area contributed by atoms with Crippen molar-refractivity contribution in [2.24, 2.45) is 5.92 Å². The second-order valence-electron chi connectivity index (χ2n) is 2.88. The number of alkyl halides is 2. The molecule has 0 amide bonds. The van der Waals surface area contributed by atoms with Crippen LogP contribution in [0.5, 0.6) is 0 Å². The van der Waals surface area contributed by atoms with Gasteiger partial charge in [0.2, 0.25) is 0 Å². The molecule has 0 aromatic carbocycles. The first kappa shape index (κ1) is 8.75. The van der Waals surface area contributed by atoms with E-state index in [1.54, 1.807) is 23.7 Å². The summed E-state index contributed by atoms with van der Waals surface area (Å²) in [7, 11) is 0. The van der Waals surface area contributed by atoms with Crippen molar-refractivity contribution in [2.45, 2.75) is 22.7 Å². The average molecular weight is 430 g/mol. The second-order valence-corrected chi connectivity index (χ2v) is 9.77. The van der Waals surface area contributed by atoms with Crippen LogP contribution < -0.4 is 0 Å². The first-order valence-electron chi connectivity index (χ1n) is 3.66. The number of hydrogen-bond donors (Lipinski definition) is 0. The maximum absolute atomic E-state index is 2.43. The molecule has 1 fully saturated rings. The molecule has 0 heterocycles. The summed E-state index contributed by atoms with van der Waals surface area (Å²) >= 11 is 1.55. The molecule has 2 heteroatoms. The molecule has 1 atom stereocenters. The maximum atomic E-state index is 2.43. The van der Waals surface area contributed by atoms with Gasteiger partial charge in [0.1, 0.15) is 0 Å². The minimum absolute atomic E-state index is 0.462. The predicted molar refractivity (Wildman–Crippen MR) is 54.4 cm³/mol. The Kier molecular flexibility index (Phi) is 4.39. The molecule has 53 valence electrons. The van der Waals surface area contributed by atoms with Gasteiger partial charge in [0, 0.05) is 0 Å². The molecular formula is C7H15ITl. The summed E-state index contributed by atoms with van der Waals surface area (Å²) in [6.07, 6.45) is 4.78. The van der Waals surface area contributed by atoms with E-state index in [4.69, 9.17) is 0 Å². The van der Waals surface area contributed by atoms with Crippen molar-refractivity contribution in [1.29, 1.82) is 0 Å². The van der Waals surface area contributed by atoms with Crippen LogP contribution in [0.4, 0.5) is 0 Å². The predicted octanol–water partition coefficient (Wildman–Crippen LogP) is 1.81. The fourth-order valence-electron chi connectivity index (χ4n) is 1.07. The minimum atomic E-state index is 0.462. The van der Waals surface area contributed by atoms with E-state index in [0.29, 0.717) is 21.2 Å². The van der Waals surface area contributed by atoms with E-state index in [0.717, 1.165) is 25.8 Å². The van der Waals surface area contributed by atoms with Gasteiger partial charge in [-0.3, -0.25) is 0 Å². The Balaban J connectivity index is 1.96. The van der Waals surface area contributed by atoms with E-state index in [1.165, 1.54) is 9.40 Å². The topological polar surface area (TPSA) is 0 Å². The summed E-state index contributed by atoms with van der Waals surface area (Å²) in [4.78, 5) is 2.43. The van der Waals surface area contributed by atoms with E-state index in [2.05, 4.69) is 4.93 Å². The molecular weight excluding hydrogens is 415 g/mol. The summed E-state index contributed by atoms with van der Waals surface area (Å²) in [5.41, 5.74) is 0. The second kappa shape index (κ2) is 4.51. The standard InChI is InChI=1S/C7H14I.Tl.H/c1-8-6-2-3-7-4-5-7;;/h3,7-8H,2,4-6H2,1H3;;. The van der Waals surface area contributed by atoms with Crippen LogP contribution in [0.1, 0.15) is 19.3 Å². The Morgan fingerprint density at radius 1 is 1.67 bits per heavy atom. The van der Waals surface area contributed by atoms with E-state index < -0.39 is 0 Å². The molecule has 1 rings (SSSR count).